The zero-order valence-electron chi connectivity index (χ0n) is 12.5. The average molecular weight is 298 g/mol. The van der Waals surface area contributed by atoms with Crippen LogP contribution in [0.2, 0.25) is 5.02 Å². The summed E-state index contributed by atoms with van der Waals surface area (Å²) in [5.74, 6) is 0.0850. The van der Waals surface area contributed by atoms with Gasteiger partial charge >= 0.3 is 0 Å². The van der Waals surface area contributed by atoms with E-state index in [1.165, 1.54) is 0 Å². The van der Waals surface area contributed by atoms with Gasteiger partial charge in [0.2, 0.25) is 0 Å². The van der Waals surface area contributed by atoms with Crippen molar-refractivity contribution in [3.8, 4) is 0 Å². The molecule has 2 rings (SSSR count). The first-order chi connectivity index (χ1) is 9.54. The molecule has 0 bridgehead atoms. The molecule has 0 aromatic carbocycles. The molecule has 0 spiro atoms. The molecule has 1 unspecified atom stereocenters. The fraction of sp³-hybridized carbons (Fsp3) is 0.667. The second-order valence-electron chi connectivity index (χ2n) is 5.64. The lowest BCUT2D eigenvalue weighted by Crippen LogP contribution is -2.49. The summed E-state index contributed by atoms with van der Waals surface area (Å²) in [6.07, 6.45) is 4.04. The van der Waals surface area contributed by atoms with E-state index in [4.69, 9.17) is 11.6 Å². The molecule has 2 heterocycles. The van der Waals surface area contributed by atoms with Gasteiger partial charge in [-0.1, -0.05) is 11.6 Å². The Morgan fingerprint density at radius 1 is 1.60 bits per heavy atom. The second kappa shape index (κ2) is 6.64. The van der Waals surface area contributed by atoms with E-state index in [1.807, 2.05) is 22.6 Å². The first-order valence-corrected chi connectivity index (χ1v) is 7.81. The van der Waals surface area contributed by atoms with Crippen LogP contribution in [0.25, 0.3) is 0 Å². The fourth-order valence-electron chi connectivity index (χ4n) is 2.86. The largest absolute Gasteiger partial charge is 0.339 e. The molecular formula is C15H24ClN3O. The molecule has 1 amide bonds. The molecule has 1 fully saturated rings. The van der Waals surface area contributed by atoms with Crippen molar-refractivity contribution in [1.29, 1.82) is 0 Å². The van der Waals surface area contributed by atoms with Crippen molar-refractivity contribution in [1.82, 2.24) is 14.8 Å². The molecule has 1 aromatic rings. The lowest BCUT2D eigenvalue weighted by atomic mass is 10.1. The number of likely N-dealkylation sites (N-methyl/N-ethyl adjacent to an activating group) is 1. The van der Waals surface area contributed by atoms with Crippen LogP contribution in [0.5, 0.6) is 0 Å². The minimum absolute atomic E-state index is 0.0850. The van der Waals surface area contributed by atoms with Crippen LogP contribution in [0.4, 0.5) is 0 Å². The van der Waals surface area contributed by atoms with Crippen LogP contribution >= 0.6 is 11.6 Å². The number of nitrogens with zero attached hydrogens (tertiary/aromatic N) is 2. The Hall–Kier alpha value is -1.00. The van der Waals surface area contributed by atoms with E-state index in [9.17, 15) is 4.79 Å². The molecule has 4 nitrogen and oxygen atoms in total. The quantitative estimate of drug-likeness (QED) is 0.928. The number of amides is 1. The van der Waals surface area contributed by atoms with Gasteiger partial charge in [-0.3, -0.25) is 4.79 Å². The minimum atomic E-state index is 0.0850. The zero-order valence-corrected chi connectivity index (χ0v) is 13.3. The number of hydrogen-bond acceptors (Lipinski definition) is 2. The van der Waals surface area contributed by atoms with Crippen LogP contribution in [-0.2, 0) is 0 Å². The van der Waals surface area contributed by atoms with E-state index in [0.29, 0.717) is 10.7 Å². The Bertz CT molecular complexity index is 464. The molecule has 1 saturated heterocycles. The number of aromatic nitrogens is 1. The van der Waals surface area contributed by atoms with Crippen LogP contribution in [0, 0.1) is 0 Å². The highest BCUT2D eigenvalue weighted by Crippen LogP contribution is 2.22. The maximum Gasteiger partial charge on any atom is 0.270 e. The number of halogens is 1. The summed E-state index contributed by atoms with van der Waals surface area (Å²) >= 11 is 6.08. The molecular weight excluding hydrogens is 274 g/mol. The Morgan fingerprint density at radius 3 is 2.90 bits per heavy atom. The van der Waals surface area contributed by atoms with Crippen LogP contribution in [0.15, 0.2) is 12.3 Å². The third kappa shape index (κ3) is 3.18. The summed E-state index contributed by atoms with van der Waals surface area (Å²) in [7, 11) is 0. The van der Waals surface area contributed by atoms with Gasteiger partial charge in [-0.15, -0.1) is 0 Å². The Morgan fingerprint density at radius 2 is 2.35 bits per heavy atom. The van der Waals surface area contributed by atoms with Gasteiger partial charge in [-0.25, -0.2) is 0 Å². The van der Waals surface area contributed by atoms with Crippen molar-refractivity contribution in [3.05, 3.63) is 23.0 Å². The predicted molar refractivity (Wildman–Crippen MR) is 82.4 cm³/mol. The second-order valence-corrected chi connectivity index (χ2v) is 6.07. The molecule has 0 radical (unpaired) electrons. The third-order valence-corrected chi connectivity index (χ3v) is 4.11. The van der Waals surface area contributed by atoms with Crippen LogP contribution in [-0.4, -0.2) is 41.1 Å². The lowest BCUT2D eigenvalue weighted by molar-refractivity contribution is 0.0649. The van der Waals surface area contributed by atoms with E-state index in [1.54, 1.807) is 6.07 Å². The number of piperidine rings is 1. The van der Waals surface area contributed by atoms with Gasteiger partial charge < -0.3 is 14.8 Å². The molecule has 1 aromatic heterocycles. The van der Waals surface area contributed by atoms with Crippen molar-refractivity contribution >= 4 is 17.5 Å². The SMILES string of the molecule is CCN(C(=O)c1cc(Cl)cn1C(C)C)C1CCCNC1. The van der Waals surface area contributed by atoms with Crippen LogP contribution in [0.3, 0.4) is 0 Å². The van der Waals surface area contributed by atoms with Crippen molar-refractivity contribution in [2.45, 2.75) is 45.7 Å². The summed E-state index contributed by atoms with van der Waals surface area (Å²) < 4.78 is 1.96. The molecule has 112 valence electrons. The van der Waals surface area contributed by atoms with Gasteiger partial charge in [0.15, 0.2) is 0 Å². The minimum Gasteiger partial charge on any atom is -0.339 e. The van der Waals surface area contributed by atoms with Gasteiger partial charge in [0, 0.05) is 31.4 Å². The Kier molecular flexibility index (Phi) is 5.11. The topological polar surface area (TPSA) is 37.3 Å². The van der Waals surface area contributed by atoms with Gasteiger partial charge in [-0.2, -0.15) is 0 Å². The van der Waals surface area contributed by atoms with Crippen molar-refractivity contribution in [2.75, 3.05) is 19.6 Å². The Balaban J connectivity index is 2.23. The van der Waals surface area contributed by atoms with Gasteiger partial charge in [0.1, 0.15) is 5.69 Å². The molecule has 20 heavy (non-hydrogen) atoms. The number of nitrogens with one attached hydrogen (secondary N) is 1. The van der Waals surface area contributed by atoms with E-state index in [2.05, 4.69) is 19.2 Å². The fourth-order valence-corrected chi connectivity index (χ4v) is 3.07. The maximum absolute atomic E-state index is 12.8. The highest BCUT2D eigenvalue weighted by molar-refractivity contribution is 6.31. The number of rotatable bonds is 4. The zero-order chi connectivity index (χ0) is 14.7. The number of carbonyl (C=O) groups is 1. The normalized spacial score (nSPS) is 19.4. The smallest absolute Gasteiger partial charge is 0.270 e. The molecule has 0 saturated carbocycles. The predicted octanol–water partition coefficient (Wildman–Crippen LogP) is 2.94. The molecule has 0 aliphatic carbocycles. The average Bonchev–Trinajstić information content (AvgIpc) is 2.83. The van der Waals surface area contributed by atoms with Crippen molar-refractivity contribution < 1.29 is 4.79 Å². The van der Waals surface area contributed by atoms with E-state index in [-0.39, 0.29) is 18.0 Å². The highest BCUT2D eigenvalue weighted by atomic mass is 35.5. The van der Waals surface area contributed by atoms with E-state index < -0.39 is 0 Å². The first-order valence-electron chi connectivity index (χ1n) is 7.43. The third-order valence-electron chi connectivity index (χ3n) is 3.90. The molecule has 1 N–H and O–H groups in total. The summed E-state index contributed by atoms with van der Waals surface area (Å²) in [4.78, 5) is 14.8. The summed E-state index contributed by atoms with van der Waals surface area (Å²) in [5, 5.41) is 4.00. The van der Waals surface area contributed by atoms with Crippen LogP contribution in [0.1, 0.15) is 50.1 Å². The van der Waals surface area contributed by atoms with Crippen molar-refractivity contribution in [3.63, 3.8) is 0 Å². The monoisotopic (exact) mass is 297 g/mol. The Labute approximate surface area is 126 Å². The molecule has 1 aliphatic rings. The molecule has 1 atom stereocenters. The summed E-state index contributed by atoms with van der Waals surface area (Å²) in [6.45, 7) is 8.83. The standard InChI is InChI=1S/C15H24ClN3O/c1-4-18(13-6-5-7-17-9-13)15(20)14-8-12(16)10-19(14)11(2)3/h8,10-11,13,17H,4-7,9H2,1-3H3. The molecule has 5 heteroatoms. The lowest BCUT2D eigenvalue weighted by Gasteiger charge is -2.34. The molecule has 1 aliphatic heterocycles. The van der Waals surface area contributed by atoms with Crippen LogP contribution < -0.4 is 5.32 Å². The number of hydrogen-bond donors (Lipinski definition) is 1. The van der Waals surface area contributed by atoms with Gasteiger partial charge in [0.25, 0.3) is 5.91 Å². The van der Waals surface area contributed by atoms with Gasteiger partial charge in [-0.05, 0) is 46.2 Å². The van der Waals surface area contributed by atoms with Gasteiger partial charge in [0.05, 0.1) is 5.02 Å². The van der Waals surface area contributed by atoms with Crippen molar-refractivity contribution in [2.24, 2.45) is 0 Å². The maximum atomic E-state index is 12.8. The number of carbonyl (C=O) groups excluding carboxylic acids is 1. The van der Waals surface area contributed by atoms with E-state index in [0.717, 1.165) is 32.5 Å². The summed E-state index contributed by atoms with van der Waals surface area (Å²) in [6, 6.07) is 2.29. The summed E-state index contributed by atoms with van der Waals surface area (Å²) in [5.41, 5.74) is 0.692. The van der Waals surface area contributed by atoms with E-state index >= 15 is 0 Å². The highest BCUT2D eigenvalue weighted by Gasteiger charge is 2.27. The first kappa shape index (κ1) is 15.4.